The quantitative estimate of drug-likeness (QED) is 0.372. The number of ether oxygens (including phenoxy) is 2. The Morgan fingerprint density at radius 1 is 1.09 bits per heavy atom. The molecule has 1 aliphatic heterocycles. The molecule has 2 unspecified atom stereocenters. The summed E-state index contributed by atoms with van der Waals surface area (Å²) in [7, 11) is 0. The van der Waals surface area contributed by atoms with Gasteiger partial charge in [0.1, 0.15) is 16.6 Å². The molecule has 2 aromatic carbocycles. The van der Waals surface area contributed by atoms with Gasteiger partial charge in [0.2, 0.25) is 0 Å². The number of esters is 2. The Bertz CT molecular complexity index is 1030. The fraction of sp³-hybridized carbons (Fsp3) is 0.429. The Balaban J connectivity index is 2.06. The highest BCUT2D eigenvalue weighted by Crippen LogP contribution is 2.48. The van der Waals surface area contributed by atoms with E-state index in [0.29, 0.717) is 31.4 Å². The van der Waals surface area contributed by atoms with Crippen LogP contribution in [0.1, 0.15) is 70.4 Å². The number of aliphatic hydroxyl groups excluding tert-OH is 1. The minimum Gasteiger partial charge on any atom is -0.511 e. The molecule has 1 aliphatic rings. The van der Waals surface area contributed by atoms with Crippen LogP contribution in [0, 0.1) is 5.92 Å². The van der Waals surface area contributed by atoms with Gasteiger partial charge < -0.3 is 14.6 Å². The van der Waals surface area contributed by atoms with E-state index in [4.69, 9.17) is 9.47 Å². The molecule has 34 heavy (non-hydrogen) atoms. The first-order valence-corrected chi connectivity index (χ1v) is 12.8. The van der Waals surface area contributed by atoms with Crippen LogP contribution in [0.25, 0.3) is 0 Å². The van der Waals surface area contributed by atoms with Gasteiger partial charge in [-0.25, -0.2) is 4.79 Å². The van der Waals surface area contributed by atoms with Crippen molar-refractivity contribution in [3.05, 3.63) is 76.4 Å². The van der Waals surface area contributed by atoms with Gasteiger partial charge in [-0.05, 0) is 36.0 Å². The third kappa shape index (κ3) is 5.49. The van der Waals surface area contributed by atoms with Gasteiger partial charge in [0.15, 0.2) is 5.60 Å². The summed E-state index contributed by atoms with van der Waals surface area (Å²) in [6, 6.07) is 17.1. The average molecular weight is 483 g/mol. The molecule has 0 spiro atoms. The minimum atomic E-state index is -1.33. The molecule has 2 atom stereocenters. The van der Waals surface area contributed by atoms with Gasteiger partial charge in [0.25, 0.3) is 0 Å². The van der Waals surface area contributed by atoms with E-state index in [9.17, 15) is 14.7 Å². The van der Waals surface area contributed by atoms with Crippen molar-refractivity contribution < 1.29 is 24.2 Å². The fourth-order valence-electron chi connectivity index (χ4n) is 4.37. The van der Waals surface area contributed by atoms with Crippen LogP contribution in [0.3, 0.4) is 0 Å². The lowest BCUT2D eigenvalue weighted by molar-refractivity contribution is -0.179. The molecular formula is C28H34O5S. The predicted octanol–water partition coefficient (Wildman–Crippen LogP) is 6.88. The van der Waals surface area contributed by atoms with Crippen LogP contribution in [0.5, 0.6) is 0 Å². The Hall–Kier alpha value is -2.73. The van der Waals surface area contributed by atoms with E-state index >= 15 is 0 Å². The summed E-state index contributed by atoms with van der Waals surface area (Å²) >= 11 is 1.22. The number of benzene rings is 2. The second-order valence-corrected chi connectivity index (χ2v) is 9.95. The summed E-state index contributed by atoms with van der Waals surface area (Å²) in [5.74, 6) is -1.56. The van der Waals surface area contributed by atoms with Gasteiger partial charge in [0, 0.05) is 4.90 Å². The van der Waals surface area contributed by atoms with Crippen LogP contribution in [-0.2, 0) is 24.7 Å². The van der Waals surface area contributed by atoms with Crippen LogP contribution < -0.4 is 0 Å². The van der Waals surface area contributed by atoms with E-state index in [0.717, 1.165) is 10.5 Å². The van der Waals surface area contributed by atoms with Crippen molar-refractivity contribution >= 4 is 23.7 Å². The molecule has 6 heteroatoms. The van der Waals surface area contributed by atoms with Crippen LogP contribution in [0.2, 0.25) is 0 Å². The van der Waals surface area contributed by atoms with E-state index < -0.39 is 23.5 Å². The zero-order chi connectivity index (χ0) is 24.7. The standard InChI is InChI=1S/C28H34O5S/c1-5-12-22(26(30)32-17-6-2)28(20-13-8-7-9-14-20)18-23(29)25(27(31)33-28)34-24-16-11-10-15-21(24)19(3)4/h7-11,13-16,19,22,29H,5-6,12,17-18H2,1-4H3. The highest BCUT2D eigenvalue weighted by Gasteiger charge is 2.52. The highest BCUT2D eigenvalue weighted by atomic mass is 32.2. The fourth-order valence-corrected chi connectivity index (χ4v) is 5.47. The maximum absolute atomic E-state index is 13.4. The second-order valence-electron chi connectivity index (χ2n) is 8.90. The Kier molecular flexibility index (Phi) is 8.84. The Morgan fingerprint density at radius 3 is 2.38 bits per heavy atom. The number of hydrogen-bond donors (Lipinski definition) is 1. The largest absolute Gasteiger partial charge is 0.511 e. The normalized spacial score (nSPS) is 19.1. The maximum Gasteiger partial charge on any atom is 0.349 e. The van der Waals surface area contributed by atoms with E-state index in [1.807, 2.05) is 68.4 Å². The third-order valence-electron chi connectivity index (χ3n) is 6.04. The van der Waals surface area contributed by atoms with Crippen molar-refractivity contribution in [1.82, 2.24) is 0 Å². The molecule has 0 bridgehead atoms. The molecule has 0 radical (unpaired) electrons. The van der Waals surface area contributed by atoms with E-state index in [2.05, 4.69) is 13.8 Å². The molecule has 0 saturated carbocycles. The number of aliphatic hydroxyl groups is 1. The molecule has 0 aliphatic carbocycles. The molecule has 1 heterocycles. The molecule has 3 rings (SSSR count). The van der Waals surface area contributed by atoms with Crippen molar-refractivity contribution in [2.45, 2.75) is 69.8 Å². The predicted molar refractivity (Wildman–Crippen MR) is 135 cm³/mol. The molecule has 0 saturated heterocycles. The molecule has 0 amide bonds. The molecular weight excluding hydrogens is 448 g/mol. The first kappa shape index (κ1) is 25.9. The summed E-state index contributed by atoms with van der Waals surface area (Å²) in [6.45, 7) is 8.38. The van der Waals surface area contributed by atoms with Crippen LogP contribution >= 0.6 is 11.8 Å². The molecule has 0 aromatic heterocycles. The van der Waals surface area contributed by atoms with Crippen molar-refractivity contribution in [3.8, 4) is 0 Å². The van der Waals surface area contributed by atoms with Crippen molar-refractivity contribution in [3.63, 3.8) is 0 Å². The number of hydrogen-bond acceptors (Lipinski definition) is 6. The van der Waals surface area contributed by atoms with Crippen LogP contribution in [-0.4, -0.2) is 23.7 Å². The highest BCUT2D eigenvalue weighted by molar-refractivity contribution is 8.04. The van der Waals surface area contributed by atoms with Gasteiger partial charge in [0.05, 0.1) is 13.0 Å². The molecule has 2 aromatic rings. The van der Waals surface area contributed by atoms with E-state index in [-0.39, 0.29) is 23.0 Å². The lowest BCUT2D eigenvalue weighted by Crippen LogP contribution is -2.47. The first-order chi connectivity index (χ1) is 16.3. The van der Waals surface area contributed by atoms with E-state index in [1.54, 1.807) is 0 Å². The van der Waals surface area contributed by atoms with Crippen molar-refractivity contribution in [2.75, 3.05) is 6.61 Å². The average Bonchev–Trinajstić information content (AvgIpc) is 2.83. The SMILES string of the molecule is CCCOC(=O)C(CCC)C1(c2ccccc2)CC(O)=C(Sc2ccccc2C(C)C)C(=O)O1. The zero-order valence-corrected chi connectivity index (χ0v) is 21.2. The van der Waals surface area contributed by atoms with Crippen molar-refractivity contribution in [1.29, 1.82) is 0 Å². The number of carbonyl (C=O) groups excluding carboxylic acids is 2. The maximum atomic E-state index is 13.4. The van der Waals surface area contributed by atoms with Gasteiger partial charge >= 0.3 is 11.9 Å². The minimum absolute atomic E-state index is 0.0147. The van der Waals surface area contributed by atoms with Gasteiger partial charge in [-0.2, -0.15) is 0 Å². The Morgan fingerprint density at radius 2 is 1.76 bits per heavy atom. The second kappa shape index (κ2) is 11.6. The Labute approximate surface area is 206 Å². The van der Waals surface area contributed by atoms with Crippen LogP contribution in [0.4, 0.5) is 0 Å². The number of cyclic esters (lactones) is 1. The lowest BCUT2D eigenvalue weighted by atomic mass is 9.75. The van der Waals surface area contributed by atoms with Crippen LogP contribution in [0.15, 0.2) is 70.2 Å². The number of carbonyl (C=O) groups is 2. The summed E-state index contributed by atoms with van der Waals surface area (Å²) in [5, 5.41) is 11.2. The third-order valence-corrected chi connectivity index (χ3v) is 7.24. The molecule has 182 valence electrons. The lowest BCUT2D eigenvalue weighted by Gasteiger charge is -2.42. The summed E-state index contributed by atoms with van der Waals surface area (Å²) in [4.78, 5) is 27.6. The number of thioether (sulfide) groups is 1. The zero-order valence-electron chi connectivity index (χ0n) is 20.4. The monoisotopic (exact) mass is 482 g/mol. The molecule has 5 nitrogen and oxygen atoms in total. The van der Waals surface area contributed by atoms with E-state index in [1.165, 1.54) is 11.8 Å². The van der Waals surface area contributed by atoms with Gasteiger partial charge in [-0.1, -0.05) is 94.4 Å². The summed E-state index contributed by atoms with van der Waals surface area (Å²) in [5.41, 5.74) is 0.436. The topological polar surface area (TPSA) is 72.8 Å². The van der Waals surface area contributed by atoms with Gasteiger partial charge in [-0.3, -0.25) is 4.79 Å². The molecule has 0 fully saturated rings. The van der Waals surface area contributed by atoms with Gasteiger partial charge in [-0.15, -0.1) is 0 Å². The molecule has 1 N–H and O–H groups in total. The number of rotatable bonds is 10. The first-order valence-electron chi connectivity index (χ1n) is 12.0. The summed E-state index contributed by atoms with van der Waals surface area (Å²) in [6.07, 6.45) is 1.88. The van der Waals surface area contributed by atoms with Crippen molar-refractivity contribution in [2.24, 2.45) is 5.92 Å². The smallest absolute Gasteiger partial charge is 0.349 e. The summed E-state index contributed by atoms with van der Waals surface area (Å²) < 4.78 is 11.7.